The fourth-order valence-electron chi connectivity index (χ4n) is 2.98. The molecule has 4 rings (SSSR count). The molecule has 2 aromatic carbocycles. The average Bonchev–Trinajstić information content (AvgIpc) is 3.12. The minimum Gasteiger partial charge on any atom is -0.323 e. The SMILES string of the molecule is Cn1cc2nc(SCC(=O)Nc3ccccc3F)n(Cc3ccccc3)c(=O)c2n1. The first kappa shape index (κ1) is 19.8. The first-order valence-corrected chi connectivity index (χ1v) is 10.1. The summed E-state index contributed by atoms with van der Waals surface area (Å²) in [6.07, 6.45) is 1.66. The number of hydrogen-bond acceptors (Lipinski definition) is 5. The Hall–Kier alpha value is -3.46. The van der Waals surface area contributed by atoms with E-state index in [0.717, 1.165) is 17.3 Å². The first-order chi connectivity index (χ1) is 14.5. The Morgan fingerprint density at radius 3 is 2.63 bits per heavy atom. The highest BCUT2D eigenvalue weighted by Gasteiger charge is 2.16. The summed E-state index contributed by atoms with van der Waals surface area (Å²) in [4.78, 5) is 29.9. The molecule has 4 aromatic rings. The van der Waals surface area contributed by atoms with Crippen LogP contribution in [0.1, 0.15) is 5.56 Å². The number of fused-ring (bicyclic) bond motifs is 1. The molecule has 0 saturated heterocycles. The predicted molar refractivity (Wildman–Crippen MR) is 114 cm³/mol. The number of halogens is 1. The lowest BCUT2D eigenvalue weighted by Gasteiger charge is -2.12. The number of para-hydroxylation sites is 1. The summed E-state index contributed by atoms with van der Waals surface area (Å²) in [6, 6.07) is 15.5. The molecule has 0 bridgehead atoms. The third kappa shape index (κ3) is 4.25. The standard InChI is InChI=1S/C21H18FN5O2S/c1-26-12-17-19(25-26)20(29)27(11-14-7-3-2-4-8-14)21(24-17)30-13-18(28)23-16-10-6-5-9-15(16)22/h2-10,12H,11,13H2,1H3,(H,23,28). The van der Waals surface area contributed by atoms with Crippen molar-refractivity contribution in [3.8, 4) is 0 Å². The van der Waals surface area contributed by atoms with E-state index in [-0.39, 0.29) is 22.5 Å². The number of carbonyl (C=O) groups excluding carboxylic acids is 1. The summed E-state index contributed by atoms with van der Waals surface area (Å²) >= 11 is 1.12. The largest absolute Gasteiger partial charge is 0.323 e. The Balaban J connectivity index is 1.61. The number of anilines is 1. The molecule has 0 saturated carbocycles. The molecule has 2 heterocycles. The Kier molecular flexibility index (Phi) is 5.62. The van der Waals surface area contributed by atoms with Gasteiger partial charge in [0.05, 0.1) is 24.2 Å². The van der Waals surface area contributed by atoms with E-state index >= 15 is 0 Å². The van der Waals surface area contributed by atoms with Gasteiger partial charge >= 0.3 is 0 Å². The van der Waals surface area contributed by atoms with E-state index in [1.165, 1.54) is 21.4 Å². The van der Waals surface area contributed by atoms with Crippen LogP contribution >= 0.6 is 11.8 Å². The smallest absolute Gasteiger partial charge is 0.282 e. The van der Waals surface area contributed by atoms with Crippen LogP contribution in [-0.2, 0) is 18.4 Å². The molecule has 0 radical (unpaired) electrons. The van der Waals surface area contributed by atoms with Gasteiger partial charge in [0.2, 0.25) is 5.91 Å². The zero-order chi connectivity index (χ0) is 21.1. The second kappa shape index (κ2) is 8.50. The van der Waals surface area contributed by atoms with E-state index in [1.54, 1.807) is 25.4 Å². The fourth-order valence-corrected chi connectivity index (χ4v) is 3.78. The van der Waals surface area contributed by atoms with E-state index in [2.05, 4.69) is 15.4 Å². The third-order valence-corrected chi connectivity index (χ3v) is 5.34. The number of benzene rings is 2. The van der Waals surface area contributed by atoms with Gasteiger partial charge in [-0.2, -0.15) is 5.10 Å². The summed E-state index contributed by atoms with van der Waals surface area (Å²) in [5.74, 6) is -0.926. The summed E-state index contributed by atoms with van der Waals surface area (Å²) < 4.78 is 16.8. The van der Waals surface area contributed by atoms with Crippen LogP contribution < -0.4 is 10.9 Å². The molecule has 2 aromatic heterocycles. The Bertz CT molecular complexity index is 1270. The Morgan fingerprint density at radius 1 is 1.13 bits per heavy atom. The van der Waals surface area contributed by atoms with Crippen LogP contribution in [0, 0.1) is 5.82 Å². The van der Waals surface area contributed by atoms with Gasteiger partial charge in [-0.1, -0.05) is 54.2 Å². The van der Waals surface area contributed by atoms with E-state index in [0.29, 0.717) is 17.2 Å². The van der Waals surface area contributed by atoms with Crippen LogP contribution in [0.4, 0.5) is 10.1 Å². The van der Waals surface area contributed by atoms with Gasteiger partial charge in [0.25, 0.3) is 5.56 Å². The van der Waals surface area contributed by atoms with Gasteiger partial charge in [0.1, 0.15) is 11.3 Å². The highest BCUT2D eigenvalue weighted by molar-refractivity contribution is 7.99. The van der Waals surface area contributed by atoms with E-state index < -0.39 is 11.7 Å². The van der Waals surface area contributed by atoms with Crippen molar-refractivity contribution in [3.63, 3.8) is 0 Å². The van der Waals surface area contributed by atoms with E-state index in [9.17, 15) is 14.0 Å². The van der Waals surface area contributed by atoms with Crippen molar-refractivity contribution in [2.45, 2.75) is 11.7 Å². The highest BCUT2D eigenvalue weighted by atomic mass is 32.2. The predicted octanol–water partition coefficient (Wildman–Crippen LogP) is 3.05. The zero-order valence-corrected chi connectivity index (χ0v) is 16.9. The number of carbonyl (C=O) groups is 1. The molecule has 9 heteroatoms. The number of rotatable bonds is 6. The molecule has 30 heavy (non-hydrogen) atoms. The van der Waals surface area contributed by atoms with Gasteiger partial charge in [-0.15, -0.1) is 0 Å². The maximum atomic E-state index is 13.8. The molecule has 0 aliphatic carbocycles. The highest BCUT2D eigenvalue weighted by Crippen LogP contribution is 2.20. The zero-order valence-electron chi connectivity index (χ0n) is 16.1. The molecule has 7 nitrogen and oxygen atoms in total. The molecule has 0 spiro atoms. The van der Waals surface area contributed by atoms with Gasteiger partial charge in [-0.05, 0) is 17.7 Å². The Morgan fingerprint density at radius 2 is 1.87 bits per heavy atom. The molecular weight excluding hydrogens is 405 g/mol. The van der Waals surface area contributed by atoms with Gasteiger partial charge in [-0.3, -0.25) is 18.8 Å². The quantitative estimate of drug-likeness (QED) is 0.381. The average molecular weight is 423 g/mol. The maximum absolute atomic E-state index is 13.8. The second-order valence-corrected chi connectivity index (χ2v) is 7.57. The summed E-state index contributed by atoms with van der Waals surface area (Å²) in [6.45, 7) is 0.302. The monoisotopic (exact) mass is 423 g/mol. The topological polar surface area (TPSA) is 81.8 Å². The summed E-state index contributed by atoms with van der Waals surface area (Å²) in [5.41, 5.74) is 1.49. The molecular formula is C21H18FN5O2S. The van der Waals surface area contributed by atoms with Gasteiger partial charge < -0.3 is 5.32 Å². The van der Waals surface area contributed by atoms with E-state index in [4.69, 9.17) is 0 Å². The van der Waals surface area contributed by atoms with Crippen molar-refractivity contribution in [1.29, 1.82) is 0 Å². The molecule has 0 aliphatic heterocycles. The molecule has 152 valence electrons. The molecule has 0 fully saturated rings. The van der Waals surface area contributed by atoms with Crippen LogP contribution in [0.5, 0.6) is 0 Å². The van der Waals surface area contributed by atoms with Crippen LogP contribution in [0.25, 0.3) is 11.0 Å². The summed E-state index contributed by atoms with van der Waals surface area (Å²) in [7, 11) is 1.72. The van der Waals surface area contributed by atoms with Crippen LogP contribution in [-0.4, -0.2) is 31.0 Å². The van der Waals surface area contributed by atoms with Crippen LogP contribution in [0.3, 0.4) is 0 Å². The molecule has 0 aliphatic rings. The first-order valence-electron chi connectivity index (χ1n) is 9.16. The lowest BCUT2D eigenvalue weighted by atomic mass is 10.2. The van der Waals surface area contributed by atoms with Crippen molar-refractivity contribution in [1.82, 2.24) is 19.3 Å². The van der Waals surface area contributed by atoms with Crippen molar-refractivity contribution < 1.29 is 9.18 Å². The number of amides is 1. The molecule has 1 N–H and O–H groups in total. The fraction of sp³-hybridized carbons (Fsp3) is 0.143. The minimum absolute atomic E-state index is 0.0265. The summed E-state index contributed by atoms with van der Waals surface area (Å²) in [5, 5.41) is 7.14. The van der Waals surface area contributed by atoms with Gasteiger partial charge in [0.15, 0.2) is 10.7 Å². The number of thioether (sulfide) groups is 1. The van der Waals surface area contributed by atoms with Gasteiger partial charge in [-0.25, -0.2) is 9.37 Å². The molecule has 0 unspecified atom stereocenters. The van der Waals surface area contributed by atoms with Crippen molar-refractivity contribution in [2.24, 2.45) is 7.05 Å². The number of aromatic nitrogens is 4. The normalized spacial score (nSPS) is 11.0. The van der Waals surface area contributed by atoms with Crippen molar-refractivity contribution in [3.05, 3.63) is 82.5 Å². The van der Waals surface area contributed by atoms with Crippen LogP contribution in [0.15, 0.2) is 70.7 Å². The molecule has 1 amide bonds. The Labute approximate surface area is 175 Å². The van der Waals surface area contributed by atoms with E-state index in [1.807, 2.05) is 30.3 Å². The third-order valence-electron chi connectivity index (χ3n) is 4.37. The number of hydrogen-bond donors (Lipinski definition) is 1. The lowest BCUT2D eigenvalue weighted by molar-refractivity contribution is -0.113. The second-order valence-electron chi connectivity index (χ2n) is 6.62. The number of aryl methyl sites for hydroxylation is 1. The lowest BCUT2D eigenvalue weighted by Crippen LogP contribution is -2.25. The van der Waals surface area contributed by atoms with Crippen molar-refractivity contribution >= 4 is 34.4 Å². The maximum Gasteiger partial charge on any atom is 0.282 e. The minimum atomic E-state index is -0.508. The number of nitrogens with one attached hydrogen (secondary N) is 1. The molecule has 0 atom stereocenters. The number of nitrogens with zero attached hydrogens (tertiary/aromatic N) is 4. The van der Waals surface area contributed by atoms with Crippen molar-refractivity contribution in [2.75, 3.05) is 11.1 Å². The van der Waals surface area contributed by atoms with Crippen LogP contribution in [0.2, 0.25) is 0 Å². The van der Waals surface area contributed by atoms with Gasteiger partial charge in [0, 0.05) is 7.05 Å².